The first-order chi connectivity index (χ1) is 9.86. The molecule has 2 heteroatoms. The van der Waals surface area contributed by atoms with Gasteiger partial charge in [-0.25, -0.2) is 0 Å². The zero-order chi connectivity index (χ0) is 15.6. The Morgan fingerprint density at radius 1 is 1.05 bits per heavy atom. The van der Waals surface area contributed by atoms with E-state index in [0.29, 0.717) is 11.8 Å². The van der Waals surface area contributed by atoms with Crippen LogP contribution in [0.25, 0.3) is 0 Å². The van der Waals surface area contributed by atoms with Gasteiger partial charge in [0.25, 0.3) is 0 Å². The van der Waals surface area contributed by atoms with Gasteiger partial charge in [-0.15, -0.1) is 0 Å². The second-order valence-electron chi connectivity index (χ2n) is 7.05. The van der Waals surface area contributed by atoms with Crippen LogP contribution in [0.2, 0.25) is 0 Å². The van der Waals surface area contributed by atoms with Crippen LogP contribution in [-0.4, -0.2) is 18.5 Å². The second kappa shape index (κ2) is 6.74. The molecule has 1 aromatic carbocycles. The van der Waals surface area contributed by atoms with Gasteiger partial charge in [0.2, 0.25) is 0 Å². The molecule has 0 spiro atoms. The van der Waals surface area contributed by atoms with Crippen LogP contribution in [0, 0.1) is 32.6 Å². The Morgan fingerprint density at radius 3 is 2.10 bits per heavy atom. The summed E-state index contributed by atoms with van der Waals surface area (Å²) in [6.45, 7) is 10.9. The quantitative estimate of drug-likeness (QED) is 0.755. The minimum absolute atomic E-state index is 0.121. The van der Waals surface area contributed by atoms with E-state index in [1.165, 1.54) is 12.0 Å². The van der Waals surface area contributed by atoms with Crippen molar-refractivity contribution in [3.63, 3.8) is 0 Å². The minimum atomic E-state index is 0.121. The number of carbonyl (C=O) groups is 1. The first kappa shape index (κ1) is 16.2. The SMILES string of the molecule is Cc1cc(C)c(C(=O)COC2CC(C)CC(C)C2)c(C)c1. The summed E-state index contributed by atoms with van der Waals surface area (Å²) in [5.41, 5.74) is 4.17. The molecular weight excluding hydrogens is 260 g/mol. The molecule has 116 valence electrons. The number of rotatable bonds is 4. The summed E-state index contributed by atoms with van der Waals surface area (Å²) in [7, 11) is 0. The molecule has 1 aliphatic carbocycles. The van der Waals surface area contributed by atoms with Crippen molar-refractivity contribution < 1.29 is 9.53 Å². The highest BCUT2D eigenvalue weighted by Gasteiger charge is 2.25. The van der Waals surface area contributed by atoms with Gasteiger partial charge in [-0.3, -0.25) is 4.79 Å². The number of benzene rings is 1. The number of Topliss-reactive ketones (excluding diaryl/α,β-unsaturated/α-hetero) is 1. The van der Waals surface area contributed by atoms with Gasteiger partial charge < -0.3 is 4.74 Å². The van der Waals surface area contributed by atoms with Crippen molar-refractivity contribution in [3.8, 4) is 0 Å². The molecule has 1 saturated carbocycles. The van der Waals surface area contributed by atoms with Crippen molar-refractivity contribution in [1.29, 1.82) is 0 Å². The van der Waals surface area contributed by atoms with Crippen molar-refractivity contribution in [2.45, 2.75) is 60.0 Å². The lowest BCUT2D eigenvalue weighted by Crippen LogP contribution is -2.28. The molecule has 0 radical (unpaired) electrons. The number of carbonyl (C=O) groups excluding carboxylic acids is 1. The van der Waals surface area contributed by atoms with Crippen molar-refractivity contribution >= 4 is 5.78 Å². The molecule has 0 aliphatic heterocycles. The van der Waals surface area contributed by atoms with E-state index in [-0.39, 0.29) is 18.5 Å². The average molecular weight is 288 g/mol. The van der Waals surface area contributed by atoms with E-state index in [4.69, 9.17) is 4.74 Å². The van der Waals surface area contributed by atoms with Crippen LogP contribution < -0.4 is 0 Å². The van der Waals surface area contributed by atoms with Gasteiger partial charge in [0, 0.05) is 5.56 Å². The summed E-state index contributed by atoms with van der Waals surface area (Å²) in [5, 5.41) is 0. The Balaban J connectivity index is 1.99. The molecule has 1 aliphatic rings. The zero-order valence-corrected chi connectivity index (χ0v) is 14.0. The molecule has 0 heterocycles. The molecule has 0 N–H and O–H groups in total. The van der Waals surface area contributed by atoms with Crippen molar-refractivity contribution in [1.82, 2.24) is 0 Å². The minimum Gasteiger partial charge on any atom is -0.370 e. The molecular formula is C19H28O2. The Bertz CT molecular complexity index is 485. The average Bonchev–Trinajstić information content (AvgIpc) is 2.34. The normalized spacial score (nSPS) is 25.9. The lowest BCUT2D eigenvalue weighted by Gasteiger charge is -2.31. The highest BCUT2D eigenvalue weighted by atomic mass is 16.5. The summed E-state index contributed by atoms with van der Waals surface area (Å²) in [4.78, 5) is 12.5. The first-order valence-electron chi connectivity index (χ1n) is 8.09. The van der Waals surface area contributed by atoms with E-state index in [2.05, 4.69) is 32.9 Å². The number of hydrogen-bond acceptors (Lipinski definition) is 2. The molecule has 0 bridgehead atoms. The molecule has 1 aromatic rings. The fourth-order valence-corrected chi connectivity index (χ4v) is 3.89. The van der Waals surface area contributed by atoms with Gasteiger partial charge in [-0.1, -0.05) is 31.5 Å². The molecule has 21 heavy (non-hydrogen) atoms. The highest BCUT2D eigenvalue weighted by Crippen LogP contribution is 2.30. The lowest BCUT2D eigenvalue weighted by atomic mass is 9.82. The van der Waals surface area contributed by atoms with Gasteiger partial charge in [0.1, 0.15) is 6.61 Å². The fraction of sp³-hybridized carbons (Fsp3) is 0.632. The van der Waals surface area contributed by atoms with Crippen LogP contribution in [0.15, 0.2) is 12.1 Å². The van der Waals surface area contributed by atoms with Gasteiger partial charge in [0.15, 0.2) is 5.78 Å². The predicted octanol–water partition coefficient (Wildman–Crippen LogP) is 4.64. The number of aryl methyl sites for hydroxylation is 3. The first-order valence-corrected chi connectivity index (χ1v) is 8.09. The molecule has 2 nitrogen and oxygen atoms in total. The van der Waals surface area contributed by atoms with Crippen LogP contribution >= 0.6 is 0 Å². The summed E-state index contributed by atoms with van der Waals surface area (Å²) < 4.78 is 5.93. The van der Waals surface area contributed by atoms with Crippen LogP contribution in [0.5, 0.6) is 0 Å². The third kappa shape index (κ3) is 4.16. The van der Waals surface area contributed by atoms with E-state index < -0.39 is 0 Å². The Hall–Kier alpha value is -1.15. The highest BCUT2D eigenvalue weighted by molar-refractivity contribution is 5.99. The van der Waals surface area contributed by atoms with E-state index >= 15 is 0 Å². The summed E-state index contributed by atoms with van der Waals surface area (Å²) in [5.74, 6) is 1.53. The van der Waals surface area contributed by atoms with Gasteiger partial charge in [-0.05, 0) is 63.0 Å². The topological polar surface area (TPSA) is 26.3 Å². The number of ether oxygens (including phenoxy) is 1. The van der Waals surface area contributed by atoms with Crippen LogP contribution in [0.3, 0.4) is 0 Å². The monoisotopic (exact) mass is 288 g/mol. The Kier molecular flexibility index (Phi) is 5.21. The second-order valence-corrected chi connectivity index (χ2v) is 7.05. The van der Waals surface area contributed by atoms with E-state index in [0.717, 1.165) is 29.5 Å². The van der Waals surface area contributed by atoms with Gasteiger partial charge in [0.05, 0.1) is 6.10 Å². The third-order valence-electron chi connectivity index (χ3n) is 4.54. The molecule has 0 amide bonds. The molecule has 2 rings (SSSR count). The maximum atomic E-state index is 12.5. The van der Waals surface area contributed by atoms with Gasteiger partial charge >= 0.3 is 0 Å². The number of hydrogen-bond donors (Lipinski definition) is 0. The largest absolute Gasteiger partial charge is 0.370 e. The summed E-state index contributed by atoms with van der Waals surface area (Å²) in [6, 6.07) is 4.15. The van der Waals surface area contributed by atoms with E-state index in [1.807, 2.05) is 13.8 Å². The van der Waals surface area contributed by atoms with Crippen LogP contribution in [-0.2, 0) is 4.74 Å². The lowest BCUT2D eigenvalue weighted by molar-refractivity contribution is 0.00557. The van der Waals surface area contributed by atoms with E-state index in [9.17, 15) is 4.79 Å². The van der Waals surface area contributed by atoms with Crippen LogP contribution in [0.1, 0.15) is 60.2 Å². The molecule has 2 atom stereocenters. The molecule has 1 fully saturated rings. The van der Waals surface area contributed by atoms with Crippen molar-refractivity contribution in [2.24, 2.45) is 11.8 Å². The predicted molar refractivity (Wildman–Crippen MR) is 86.9 cm³/mol. The van der Waals surface area contributed by atoms with Crippen LogP contribution in [0.4, 0.5) is 0 Å². The smallest absolute Gasteiger partial charge is 0.189 e. The Morgan fingerprint density at radius 2 is 1.57 bits per heavy atom. The summed E-state index contributed by atoms with van der Waals surface area (Å²) >= 11 is 0. The Labute approximate surface area is 128 Å². The number of ketones is 1. The standard InChI is InChI=1S/C19H28O2/c1-12-6-13(2)10-17(9-12)21-11-18(20)19-15(4)7-14(3)8-16(19)5/h7-8,12-13,17H,6,9-11H2,1-5H3. The third-order valence-corrected chi connectivity index (χ3v) is 4.54. The summed E-state index contributed by atoms with van der Waals surface area (Å²) in [6.07, 6.45) is 3.70. The zero-order valence-electron chi connectivity index (χ0n) is 14.0. The molecule has 2 unspecified atom stereocenters. The molecule has 0 aromatic heterocycles. The fourth-order valence-electron chi connectivity index (χ4n) is 3.89. The maximum Gasteiger partial charge on any atom is 0.189 e. The van der Waals surface area contributed by atoms with E-state index in [1.54, 1.807) is 0 Å². The maximum absolute atomic E-state index is 12.5. The van der Waals surface area contributed by atoms with Crippen molar-refractivity contribution in [2.75, 3.05) is 6.61 Å². The molecule has 0 saturated heterocycles. The van der Waals surface area contributed by atoms with Gasteiger partial charge in [-0.2, -0.15) is 0 Å². The van der Waals surface area contributed by atoms with Crippen molar-refractivity contribution in [3.05, 3.63) is 34.4 Å².